The molecule has 0 aliphatic heterocycles. The fraction of sp³-hybridized carbons (Fsp3) is 0.833. The molecule has 29 heavy (non-hydrogen) atoms. The second-order valence-electron chi connectivity index (χ2n) is 7.35. The normalized spacial score (nSPS) is 14.2. The SMILES string of the molecule is CCCCC(CC/C=C/CCI)OCOCOC(CC/C=C/CCI)CCCC. The monoisotopic (exact) mass is 634 g/mol. The zero-order valence-corrected chi connectivity index (χ0v) is 23.1. The number of halogens is 2. The van der Waals surface area contributed by atoms with Crippen molar-refractivity contribution < 1.29 is 14.2 Å². The highest BCUT2D eigenvalue weighted by Crippen LogP contribution is 2.14. The van der Waals surface area contributed by atoms with Crippen LogP contribution in [0.4, 0.5) is 0 Å². The van der Waals surface area contributed by atoms with E-state index in [0.29, 0.717) is 13.6 Å². The van der Waals surface area contributed by atoms with Gasteiger partial charge in [-0.3, -0.25) is 0 Å². The van der Waals surface area contributed by atoms with Crippen molar-refractivity contribution in [2.75, 3.05) is 22.4 Å². The molecule has 0 amide bonds. The van der Waals surface area contributed by atoms with Crippen molar-refractivity contribution in [1.29, 1.82) is 0 Å². The van der Waals surface area contributed by atoms with Crippen LogP contribution in [0, 0.1) is 0 Å². The van der Waals surface area contributed by atoms with Crippen LogP contribution in [0.5, 0.6) is 0 Å². The molecule has 0 rings (SSSR count). The number of allylic oxidation sites excluding steroid dienone is 4. The fourth-order valence-electron chi connectivity index (χ4n) is 2.97. The molecule has 2 unspecified atom stereocenters. The van der Waals surface area contributed by atoms with Crippen LogP contribution in [0.1, 0.15) is 90.9 Å². The first-order valence-electron chi connectivity index (χ1n) is 11.5. The molecule has 0 radical (unpaired) electrons. The van der Waals surface area contributed by atoms with Gasteiger partial charge in [0, 0.05) is 8.86 Å². The van der Waals surface area contributed by atoms with E-state index in [-0.39, 0.29) is 12.2 Å². The Morgan fingerprint density at radius 2 is 1.03 bits per heavy atom. The summed E-state index contributed by atoms with van der Waals surface area (Å²) in [7, 11) is 0. The maximum Gasteiger partial charge on any atom is 0.149 e. The molecule has 0 heterocycles. The van der Waals surface area contributed by atoms with Gasteiger partial charge in [-0.2, -0.15) is 0 Å². The maximum atomic E-state index is 5.99. The van der Waals surface area contributed by atoms with Crippen LogP contribution in [0.15, 0.2) is 24.3 Å². The second-order valence-corrected chi connectivity index (χ2v) is 9.51. The van der Waals surface area contributed by atoms with Gasteiger partial charge in [-0.1, -0.05) is 109 Å². The molecule has 5 heteroatoms. The molecule has 0 N–H and O–H groups in total. The Labute approximate surface area is 208 Å². The molecular weight excluding hydrogens is 590 g/mol. The number of hydrogen-bond donors (Lipinski definition) is 0. The first kappa shape index (κ1) is 29.8. The Balaban J connectivity index is 4.06. The molecular formula is C24H44I2O3. The summed E-state index contributed by atoms with van der Waals surface area (Å²) in [5, 5.41) is 0. The summed E-state index contributed by atoms with van der Waals surface area (Å²) in [6, 6.07) is 0. The average molecular weight is 634 g/mol. The maximum absolute atomic E-state index is 5.99. The van der Waals surface area contributed by atoms with Crippen LogP contribution in [-0.2, 0) is 14.2 Å². The molecule has 0 aliphatic rings. The predicted octanol–water partition coefficient (Wildman–Crippen LogP) is 8.39. The van der Waals surface area contributed by atoms with Gasteiger partial charge >= 0.3 is 0 Å². The van der Waals surface area contributed by atoms with Gasteiger partial charge < -0.3 is 14.2 Å². The summed E-state index contributed by atoms with van der Waals surface area (Å²) in [5.74, 6) is 0. The van der Waals surface area contributed by atoms with E-state index in [9.17, 15) is 0 Å². The van der Waals surface area contributed by atoms with E-state index in [1.54, 1.807) is 0 Å². The molecule has 0 aromatic heterocycles. The Hall–Kier alpha value is 0.820. The van der Waals surface area contributed by atoms with Gasteiger partial charge in [0.1, 0.15) is 13.6 Å². The highest BCUT2D eigenvalue weighted by atomic mass is 127. The zero-order valence-electron chi connectivity index (χ0n) is 18.8. The van der Waals surface area contributed by atoms with E-state index in [0.717, 1.165) is 51.4 Å². The Morgan fingerprint density at radius 1 is 0.621 bits per heavy atom. The third kappa shape index (κ3) is 21.8. The number of ether oxygens (including phenoxy) is 3. The summed E-state index contributed by atoms with van der Waals surface area (Å²) in [6.07, 6.45) is 23.4. The second kappa shape index (κ2) is 25.1. The molecule has 0 aromatic rings. The van der Waals surface area contributed by atoms with Crippen molar-refractivity contribution in [2.24, 2.45) is 0 Å². The highest BCUT2D eigenvalue weighted by molar-refractivity contribution is 14.1. The van der Waals surface area contributed by atoms with Gasteiger partial charge in [-0.25, -0.2) is 0 Å². The minimum absolute atomic E-state index is 0.290. The van der Waals surface area contributed by atoms with E-state index < -0.39 is 0 Å². The lowest BCUT2D eigenvalue weighted by molar-refractivity contribution is -0.167. The topological polar surface area (TPSA) is 27.7 Å². The van der Waals surface area contributed by atoms with Crippen molar-refractivity contribution in [3.05, 3.63) is 24.3 Å². The van der Waals surface area contributed by atoms with E-state index >= 15 is 0 Å². The molecule has 0 aromatic carbocycles. The largest absolute Gasteiger partial charge is 0.352 e. The predicted molar refractivity (Wildman–Crippen MR) is 143 cm³/mol. The van der Waals surface area contributed by atoms with E-state index in [1.165, 1.54) is 34.5 Å². The molecule has 172 valence electrons. The van der Waals surface area contributed by atoms with E-state index in [4.69, 9.17) is 14.2 Å². The standard InChI is InChI=1S/C24H44I2O3/c1-3-5-15-23(17-11-7-9-13-19-25)28-21-27-22-29-24(16-6-4-2)18-12-8-10-14-20-26/h7-10,23-24H,3-6,11-22H2,1-2H3/b9-7+,10-8+. The third-order valence-electron chi connectivity index (χ3n) is 4.73. The number of alkyl halides is 2. The van der Waals surface area contributed by atoms with Crippen LogP contribution < -0.4 is 0 Å². The van der Waals surface area contributed by atoms with E-state index in [2.05, 4.69) is 83.3 Å². The first-order valence-corrected chi connectivity index (χ1v) is 14.6. The minimum Gasteiger partial charge on any atom is -0.352 e. The van der Waals surface area contributed by atoms with Crippen molar-refractivity contribution in [3.63, 3.8) is 0 Å². The van der Waals surface area contributed by atoms with Crippen molar-refractivity contribution in [2.45, 2.75) is 103 Å². The van der Waals surface area contributed by atoms with Gasteiger partial charge in [0.15, 0.2) is 0 Å². The summed E-state index contributed by atoms with van der Waals surface area (Å²) in [4.78, 5) is 0. The summed E-state index contributed by atoms with van der Waals surface area (Å²) >= 11 is 4.83. The van der Waals surface area contributed by atoms with Crippen LogP contribution in [0.2, 0.25) is 0 Å². The average Bonchev–Trinajstić information content (AvgIpc) is 2.73. The molecule has 0 fully saturated rings. The van der Waals surface area contributed by atoms with Crippen molar-refractivity contribution >= 4 is 45.2 Å². The molecule has 0 saturated carbocycles. The number of rotatable bonds is 22. The van der Waals surface area contributed by atoms with Crippen molar-refractivity contribution in [1.82, 2.24) is 0 Å². The lowest BCUT2D eigenvalue weighted by Crippen LogP contribution is -2.19. The zero-order chi connectivity index (χ0) is 21.4. The van der Waals surface area contributed by atoms with Gasteiger partial charge in [-0.05, 0) is 51.4 Å². The molecule has 0 aliphatic carbocycles. The molecule has 0 saturated heterocycles. The first-order chi connectivity index (χ1) is 14.3. The van der Waals surface area contributed by atoms with Crippen LogP contribution in [-0.4, -0.2) is 34.6 Å². The molecule has 0 spiro atoms. The number of unbranched alkanes of at least 4 members (excludes halogenated alkanes) is 2. The summed E-state index contributed by atoms with van der Waals surface area (Å²) < 4.78 is 20.0. The van der Waals surface area contributed by atoms with Crippen LogP contribution >= 0.6 is 45.2 Å². The fourth-order valence-corrected chi connectivity index (χ4v) is 3.69. The van der Waals surface area contributed by atoms with E-state index in [1.807, 2.05) is 0 Å². The molecule has 3 nitrogen and oxygen atoms in total. The van der Waals surface area contributed by atoms with Crippen LogP contribution in [0.3, 0.4) is 0 Å². The molecule has 0 bridgehead atoms. The number of hydrogen-bond acceptors (Lipinski definition) is 3. The lowest BCUT2D eigenvalue weighted by atomic mass is 10.1. The Morgan fingerprint density at radius 3 is 1.41 bits per heavy atom. The van der Waals surface area contributed by atoms with Gasteiger partial charge in [0.05, 0.1) is 12.2 Å². The Bertz CT molecular complexity index is 341. The third-order valence-corrected chi connectivity index (χ3v) is 5.97. The quantitative estimate of drug-likeness (QED) is 0.0394. The van der Waals surface area contributed by atoms with Crippen molar-refractivity contribution in [3.8, 4) is 0 Å². The Kier molecular flexibility index (Phi) is 25.8. The lowest BCUT2D eigenvalue weighted by Gasteiger charge is -2.19. The highest BCUT2D eigenvalue weighted by Gasteiger charge is 2.10. The molecule has 2 atom stereocenters. The van der Waals surface area contributed by atoms with Gasteiger partial charge in [-0.15, -0.1) is 0 Å². The summed E-state index contributed by atoms with van der Waals surface area (Å²) in [5.41, 5.74) is 0. The minimum atomic E-state index is 0.290. The van der Waals surface area contributed by atoms with Gasteiger partial charge in [0.25, 0.3) is 0 Å². The summed E-state index contributed by atoms with van der Waals surface area (Å²) in [6.45, 7) is 5.13. The smallest absolute Gasteiger partial charge is 0.149 e. The van der Waals surface area contributed by atoms with Gasteiger partial charge in [0.2, 0.25) is 0 Å². The van der Waals surface area contributed by atoms with Crippen LogP contribution in [0.25, 0.3) is 0 Å².